The van der Waals surface area contributed by atoms with E-state index in [0.717, 1.165) is 6.07 Å². The van der Waals surface area contributed by atoms with Gasteiger partial charge in [-0.05, 0) is 37.0 Å². The Hall–Kier alpha value is -3.02. The second kappa shape index (κ2) is 10.3. The molecule has 0 amide bonds. The summed E-state index contributed by atoms with van der Waals surface area (Å²) in [6.07, 6.45) is 3.28. The van der Waals surface area contributed by atoms with Crippen LogP contribution in [-0.4, -0.2) is 11.7 Å². The predicted molar refractivity (Wildman–Crippen MR) is 103 cm³/mol. The maximum absolute atomic E-state index is 14.1. The zero-order valence-electron chi connectivity index (χ0n) is 15.6. The Bertz CT molecular complexity index is 864. The summed E-state index contributed by atoms with van der Waals surface area (Å²) in [4.78, 5) is 0. The SMILES string of the molecule is C=C(/C=C\C(=C)C(=C)/C(F)=C(/F)C(=C)OCC)CCc1ccc(O)c(F)c1F. The van der Waals surface area contributed by atoms with Crippen molar-refractivity contribution in [3.05, 3.63) is 102 Å². The molecular formula is C22H22F4O2. The van der Waals surface area contributed by atoms with Crippen LogP contribution in [0.4, 0.5) is 17.6 Å². The van der Waals surface area contributed by atoms with Crippen molar-refractivity contribution in [1.82, 2.24) is 0 Å². The molecule has 0 atom stereocenters. The fourth-order valence-electron chi connectivity index (χ4n) is 2.10. The molecule has 0 aliphatic carbocycles. The highest BCUT2D eigenvalue weighted by molar-refractivity contribution is 5.49. The van der Waals surface area contributed by atoms with Gasteiger partial charge in [0.25, 0.3) is 0 Å². The van der Waals surface area contributed by atoms with Gasteiger partial charge >= 0.3 is 0 Å². The fourth-order valence-corrected chi connectivity index (χ4v) is 2.10. The minimum Gasteiger partial charge on any atom is -0.505 e. The van der Waals surface area contributed by atoms with Gasteiger partial charge in [0.1, 0.15) is 0 Å². The standard InChI is InChI=1S/C22H22F4O2/c1-6-28-16(5)20(24)19(23)15(4)14(3)9-7-13(2)8-10-17-11-12-18(27)22(26)21(17)25/h7,9,11-12,27H,2-6,8,10H2,1H3/b9-7-,20-19-. The third-order valence-corrected chi connectivity index (χ3v) is 3.79. The van der Waals surface area contributed by atoms with Crippen LogP contribution in [0.5, 0.6) is 5.75 Å². The minimum atomic E-state index is -1.30. The summed E-state index contributed by atoms with van der Waals surface area (Å²) >= 11 is 0. The highest BCUT2D eigenvalue weighted by Crippen LogP contribution is 2.27. The molecule has 0 saturated heterocycles. The van der Waals surface area contributed by atoms with Crippen molar-refractivity contribution in [3.63, 3.8) is 0 Å². The van der Waals surface area contributed by atoms with Crippen LogP contribution in [0.25, 0.3) is 0 Å². The lowest BCUT2D eigenvalue weighted by Gasteiger charge is -2.08. The second-order valence-corrected chi connectivity index (χ2v) is 5.85. The third kappa shape index (κ3) is 6.01. The van der Waals surface area contributed by atoms with Crippen LogP contribution in [0.3, 0.4) is 0 Å². The van der Waals surface area contributed by atoms with Crippen molar-refractivity contribution >= 4 is 0 Å². The number of ether oxygens (including phenoxy) is 1. The second-order valence-electron chi connectivity index (χ2n) is 5.85. The Morgan fingerprint density at radius 2 is 1.68 bits per heavy atom. The van der Waals surface area contributed by atoms with E-state index in [0.29, 0.717) is 5.57 Å². The van der Waals surface area contributed by atoms with Crippen LogP contribution in [-0.2, 0) is 11.2 Å². The highest BCUT2D eigenvalue weighted by Gasteiger charge is 2.15. The normalized spacial score (nSPS) is 11.9. The average Bonchev–Trinajstić information content (AvgIpc) is 2.68. The first-order valence-corrected chi connectivity index (χ1v) is 8.37. The number of allylic oxidation sites excluding steroid dienone is 7. The topological polar surface area (TPSA) is 29.5 Å². The molecule has 1 aromatic carbocycles. The smallest absolute Gasteiger partial charge is 0.200 e. The number of benzene rings is 1. The molecule has 0 aromatic heterocycles. The number of phenolic OH excluding ortho intramolecular Hbond substituents is 1. The van der Waals surface area contributed by atoms with Gasteiger partial charge < -0.3 is 9.84 Å². The van der Waals surface area contributed by atoms with E-state index in [1.807, 2.05) is 0 Å². The monoisotopic (exact) mass is 394 g/mol. The van der Waals surface area contributed by atoms with Gasteiger partial charge in [-0.3, -0.25) is 0 Å². The summed E-state index contributed by atoms with van der Waals surface area (Å²) in [6, 6.07) is 2.34. The Labute approximate surface area is 162 Å². The van der Waals surface area contributed by atoms with E-state index in [2.05, 4.69) is 26.3 Å². The lowest BCUT2D eigenvalue weighted by molar-refractivity contribution is 0.224. The predicted octanol–water partition coefficient (Wildman–Crippen LogP) is 6.53. The van der Waals surface area contributed by atoms with Crippen molar-refractivity contribution in [2.24, 2.45) is 0 Å². The molecule has 0 fully saturated rings. The van der Waals surface area contributed by atoms with Crippen LogP contribution in [0.15, 0.2) is 84.7 Å². The first-order valence-electron chi connectivity index (χ1n) is 8.37. The number of rotatable bonds is 10. The lowest BCUT2D eigenvalue weighted by atomic mass is 10.0. The van der Waals surface area contributed by atoms with Gasteiger partial charge in [-0.15, -0.1) is 0 Å². The molecule has 0 aliphatic heterocycles. The van der Waals surface area contributed by atoms with Gasteiger partial charge in [-0.2, -0.15) is 8.78 Å². The van der Waals surface area contributed by atoms with Gasteiger partial charge in [0, 0.05) is 5.57 Å². The molecule has 150 valence electrons. The van der Waals surface area contributed by atoms with Crippen LogP contribution in [0, 0.1) is 11.6 Å². The molecule has 0 bridgehead atoms. The highest BCUT2D eigenvalue weighted by atomic mass is 19.2. The van der Waals surface area contributed by atoms with Crippen molar-refractivity contribution in [1.29, 1.82) is 0 Å². The first kappa shape index (κ1) is 23.0. The van der Waals surface area contributed by atoms with Crippen LogP contribution < -0.4 is 0 Å². The Kier molecular flexibility index (Phi) is 8.51. The Balaban J connectivity index is 2.72. The average molecular weight is 394 g/mol. The van der Waals surface area contributed by atoms with E-state index >= 15 is 0 Å². The van der Waals surface area contributed by atoms with E-state index in [9.17, 15) is 17.6 Å². The van der Waals surface area contributed by atoms with E-state index in [1.165, 1.54) is 18.2 Å². The van der Waals surface area contributed by atoms with Crippen LogP contribution >= 0.6 is 0 Å². The molecule has 2 nitrogen and oxygen atoms in total. The van der Waals surface area contributed by atoms with Crippen LogP contribution in [0.2, 0.25) is 0 Å². The quantitative estimate of drug-likeness (QED) is 0.278. The molecule has 0 aliphatic rings. The zero-order valence-corrected chi connectivity index (χ0v) is 15.6. The number of phenols is 1. The molecule has 1 rings (SSSR count). The van der Waals surface area contributed by atoms with Gasteiger partial charge in [0.15, 0.2) is 23.2 Å². The number of hydrogen-bond donors (Lipinski definition) is 1. The lowest BCUT2D eigenvalue weighted by Crippen LogP contribution is -1.96. The van der Waals surface area contributed by atoms with Crippen molar-refractivity contribution in [2.45, 2.75) is 19.8 Å². The molecule has 1 aromatic rings. The summed E-state index contributed by atoms with van der Waals surface area (Å²) in [5.41, 5.74) is 0.415. The number of halogens is 4. The molecule has 1 N–H and O–H groups in total. The van der Waals surface area contributed by atoms with Crippen molar-refractivity contribution in [3.8, 4) is 5.75 Å². The van der Waals surface area contributed by atoms with Crippen LogP contribution in [0.1, 0.15) is 18.9 Å². The number of aromatic hydroxyl groups is 1. The maximum Gasteiger partial charge on any atom is 0.200 e. The molecule has 28 heavy (non-hydrogen) atoms. The Morgan fingerprint density at radius 1 is 1.04 bits per heavy atom. The van der Waals surface area contributed by atoms with E-state index in [4.69, 9.17) is 9.84 Å². The molecule has 0 saturated carbocycles. The van der Waals surface area contributed by atoms with Crippen molar-refractivity contribution in [2.75, 3.05) is 6.61 Å². The fraction of sp³-hybridized carbons (Fsp3) is 0.182. The summed E-state index contributed by atoms with van der Waals surface area (Å²) in [5, 5.41) is 9.11. The van der Waals surface area contributed by atoms with E-state index in [-0.39, 0.29) is 36.2 Å². The largest absolute Gasteiger partial charge is 0.505 e. The van der Waals surface area contributed by atoms with E-state index < -0.39 is 34.8 Å². The van der Waals surface area contributed by atoms with Gasteiger partial charge in [0.2, 0.25) is 11.6 Å². The van der Waals surface area contributed by atoms with Gasteiger partial charge in [-0.1, -0.05) is 50.1 Å². The summed E-state index contributed by atoms with van der Waals surface area (Å²) in [5.74, 6) is -6.12. The molecular weight excluding hydrogens is 372 g/mol. The van der Waals surface area contributed by atoms with E-state index in [1.54, 1.807) is 6.92 Å². The summed E-state index contributed by atoms with van der Waals surface area (Å²) in [7, 11) is 0. The Morgan fingerprint density at radius 3 is 2.29 bits per heavy atom. The third-order valence-electron chi connectivity index (χ3n) is 3.79. The maximum atomic E-state index is 14.1. The van der Waals surface area contributed by atoms with Crippen molar-refractivity contribution < 1.29 is 27.4 Å². The van der Waals surface area contributed by atoms with Gasteiger partial charge in [0.05, 0.1) is 6.61 Å². The minimum absolute atomic E-state index is 0.0820. The molecule has 0 unspecified atom stereocenters. The molecule has 0 radical (unpaired) electrons. The number of aryl methyl sites for hydroxylation is 1. The molecule has 0 heterocycles. The first-order chi connectivity index (χ1) is 13.1. The van der Waals surface area contributed by atoms with Gasteiger partial charge in [-0.25, -0.2) is 8.78 Å². The summed E-state index contributed by atoms with van der Waals surface area (Å²) in [6.45, 7) is 15.9. The summed E-state index contributed by atoms with van der Waals surface area (Å²) < 4.78 is 59.8. The molecule has 0 spiro atoms. The zero-order chi connectivity index (χ0) is 21.4. The number of hydrogen-bond acceptors (Lipinski definition) is 2. The molecule has 6 heteroatoms.